The van der Waals surface area contributed by atoms with Crippen molar-refractivity contribution in [3.8, 4) is 0 Å². The summed E-state index contributed by atoms with van der Waals surface area (Å²) in [7, 11) is 0. The van der Waals surface area contributed by atoms with Crippen LogP contribution < -0.4 is 10.6 Å². The molecule has 2 fully saturated rings. The van der Waals surface area contributed by atoms with Crippen molar-refractivity contribution in [3.63, 3.8) is 0 Å². The summed E-state index contributed by atoms with van der Waals surface area (Å²) in [6.07, 6.45) is 9.31. The lowest BCUT2D eigenvalue weighted by Crippen LogP contribution is -2.64. The van der Waals surface area contributed by atoms with Gasteiger partial charge in [0, 0.05) is 18.3 Å². The zero-order valence-electron chi connectivity index (χ0n) is 11.4. The highest BCUT2D eigenvalue weighted by molar-refractivity contribution is 5.97. The Morgan fingerprint density at radius 1 is 1.10 bits per heavy atom. The molecule has 1 saturated carbocycles. The monoisotopic (exact) mass is 276 g/mol. The first-order valence-electron chi connectivity index (χ1n) is 7.32. The van der Waals surface area contributed by atoms with Gasteiger partial charge in [-0.1, -0.05) is 19.3 Å². The molecule has 6 nitrogen and oxygen atoms in total. The zero-order chi connectivity index (χ0) is 13.9. The molecule has 0 spiro atoms. The maximum atomic E-state index is 12.2. The minimum absolute atomic E-state index is 0.0407. The van der Waals surface area contributed by atoms with E-state index < -0.39 is 6.04 Å². The third-order valence-corrected chi connectivity index (χ3v) is 4.31. The van der Waals surface area contributed by atoms with Gasteiger partial charge in [0.05, 0.1) is 6.33 Å². The maximum Gasteiger partial charge on any atom is 0.243 e. The van der Waals surface area contributed by atoms with Gasteiger partial charge in [-0.2, -0.15) is 0 Å². The van der Waals surface area contributed by atoms with Crippen LogP contribution in [0.2, 0.25) is 0 Å². The summed E-state index contributed by atoms with van der Waals surface area (Å²) in [6, 6.07) is -0.844. The quantitative estimate of drug-likeness (QED) is 0.752. The van der Waals surface area contributed by atoms with Gasteiger partial charge < -0.3 is 15.6 Å². The Kier molecular flexibility index (Phi) is 3.71. The summed E-state index contributed by atoms with van der Waals surface area (Å²) < 4.78 is 0. The number of piperazine rings is 1. The van der Waals surface area contributed by atoms with Crippen molar-refractivity contribution in [1.82, 2.24) is 20.6 Å². The fraction of sp³-hybridized carbons (Fsp3) is 0.643. The number of rotatable bonds is 3. The molecule has 1 aromatic rings. The van der Waals surface area contributed by atoms with E-state index in [0.717, 1.165) is 31.4 Å². The summed E-state index contributed by atoms with van der Waals surface area (Å²) in [5, 5.41) is 5.77. The highest BCUT2D eigenvalue weighted by Crippen LogP contribution is 2.27. The molecule has 3 rings (SSSR count). The highest BCUT2D eigenvalue weighted by atomic mass is 16.2. The van der Waals surface area contributed by atoms with E-state index in [2.05, 4.69) is 20.6 Å². The molecule has 2 atom stereocenters. The van der Waals surface area contributed by atoms with Gasteiger partial charge in [0.25, 0.3) is 0 Å². The molecule has 2 amide bonds. The van der Waals surface area contributed by atoms with Crippen LogP contribution in [0.4, 0.5) is 0 Å². The van der Waals surface area contributed by atoms with Gasteiger partial charge in [-0.05, 0) is 18.8 Å². The van der Waals surface area contributed by atoms with Crippen molar-refractivity contribution in [1.29, 1.82) is 0 Å². The van der Waals surface area contributed by atoms with Crippen molar-refractivity contribution in [2.24, 2.45) is 5.92 Å². The second-order valence-electron chi connectivity index (χ2n) is 5.73. The SMILES string of the molecule is O=C1N[C@@H](C2CCCCC2)C(=O)N[C@H]1Cc1cnc[nH]1. The molecule has 0 radical (unpaired) electrons. The first kappa shape index (κ1) is 13.1. The number of amides is 2. The number of aromatic nitrogens is 2. The van der Waals surface area contributed by atoms with E-state index in [-0.39, 0.29) is 17.9 Å². The molecule has 2 heterocycles. The molecular weight excluding hydrogens is 256 g/mol. The molecule has 0 unspecified atom stereocenters. The van der Waals surface area contributed by atoms with E-state index >= 15 is 0 Å². The van der Waals surface area contributed by atoms with Crippen LogP contribution in [0.1, 0.15) is 37.8 Å². The lowest BCUT2D eigenvalue weighted by atomic mass is 9.82. The average Bonchev–Trinajstić information content (AvgIpc) is 2.96. The van der Waals surface area contributed by atoms with Crippen LogP contribution in [-0.4, -0.2) is 33.9 Å². The lowest BCUT2D eigenvalue weighted by molar-refractivity contribution is -0.138. The Hall–Kier alpha value is -1.85. The fourth-order valence-electron chi connectivity index (χ4n) is 3.21. The minimum Gasteiger partial charge on any atom is -0.348 e. The summed E-state index contributed by atoms with van der Waals surface area (Å²) in [5.41, 5.74) is 0.849. The highest BCUT2D eigenvalue weighted by Gasteiger charge is 2.38. The number of aromatic amines is 1. The summed E-state index contributed by atoms with van der Waals surface area (Å²) in [4.78, 5) is 31.3. The van der Waals surface area contributed by atoms with Crippen LogP contribution in [0.3, 0.4) is 0 Å². The molecule has 1 saturated heterocycles. The van der Waals surface area contributed by atoms with Crippen molar-refractivity contribution in [2.75, 3.05) is 0 Å². The number of hydrogen-bond donors (Lipinski definition) is 3. The maximum absolute atomic E-state index is 12.2. The van der Waals surface area contributed by atoms with Gasteiger partial charge in [-0.3, -0.25) is 9.59 Å². The largest absolute Gasteiger partial charge is 0.348 e. The third-order valence-electron chi connectivity index (χ3n) is 4.31. The minimum atomic E-state index is -0.497. The molecule has 20 heavy (non-hydrogen) atoms. The van der Waals surface area contributed by atoms with Gasteiger partial charge in [-0.25, -0.2) is 4.98 Å². The van der Waals surface area contributed by atoms with E-state index in [1.807, 2.05) is 0 Å². The second-order valence-corrected chi connectivity index (χ2v) is 5.73. The van der Waals surface area contributed by atoms with Crippen molar-refractivity contribution < 1.29 is 9.59 Å². The van der Waals surface area contributed by atoms with Crippen molar-refractivity contribution >= 4 is 11.8 Å². The molecule has 1 aliphatic heterocycles. The topological polar surface area (TPSA) is 86.9 Å². The molecule has 0 aromatic carbocycles. The standard InChI is InChI=1S/C14H20N4O2/c19-13-11(6-10-7-15-8-16-10)17-14(20)12(18-13)9-4-2-1-3-5-9/h7-9,11-12H,1-6H2,(H,15,16)(H,17,20)(H,18,19)/t11-,12-/m0/s1. The molecule has 2 aliphatic rings. The predicted octanol–water partition coefficient (Wildman–Crippen LogP) is 0.516. The van der Waals surface area contributed by atoms with E-state index in [1.165, 1.54) is 6.42 Å². The number of H-pyrrole nitrogens is 1. The van der Waals surface area contributed by atoms with Gasteiger partial charge in [0.1, 0.15) is 12.1 Å². The number of carbonyl (C=O) groups is 2. The Bertz CT molecular complexity index is 479. The molecule has 0 bridgehead atoms. The van der Waals surface area contributed by atoms with Gasteiger partial charge in [0.15, 0.2) is 0 Å². The number of imidazole rings is 1. The van der Waals surface area contributed by atoms with Crippen LogP contribution >= 0.6 is 0 Å². The molecule has 3 N–H and O–H groups in total. The predicted molar refractivity (Wildman–Crippen MR) is 72.7 cm³/mol. The van der Waals surface area contributed by atoms with E-state index in [9.17, 15) is 9.59 Å². The smallest absolute Gasteiger partial charge is 0.243 e. The van der Waals surface area contributed by atoms with Crippen LogP contribution in [0.15, 0.2) is 12.5 Å². The Labute approximate surface area is 117 Å². The first-order chi connectivity index (χ1) is 9.74. The van der Waals surface area contributed by atoms with Crippen LogP contribution in [-0.2, 0) is 16.0 Å². The average molecular weight is 276 g/mol. The van der Waals surface area contributed by atoms with Gasteiger partial charge >= 0.3 is 0 Å². The van der Waals surface area contributed by atoms with Gasteiger partial charge in [0.2, 0.25) is 11.8 Å². The Morgan fingerprint density at radius 3 is 2.60 bits per heavy atom. The Morgan fingerprint density at radius 2 is 1.90 bits per heavy atom. The van der Waals surface area contributed by atoms with Crippen molar-refractivity contribution in [3.05, 3.63) is 18.2 Å². The van der Waals surface area contributed by atoms with Crippen LogP contribution in [0, 0.1) is 5.92 Å². The normalized spacial score (nSPS) is 28.0. The fourth-order valence-corrected chi connectivity index (χ4v) is 3.21. The van der Waals surface area contributed by atoms with Gasteiger partial charge in [-0.15, -0.1) is 0 Å². The number of carbonyl (C=O) groups excluding carboxylic acids is 2. The summed E-state index contributed by atoms with van der Waals surface area (Å²) >= 11 is 0. The number of hydrogen-bond acceptors (Lipinski definition) is 3. The van der Waals surface area contributed by atoms with Crippen LogP contribution in [0.25, 0.3) is 0 Å². The zero-order valence-corrected chi connectivity index (χ0v) is 11.4. The first-order valence-corrected chi connectivity index (χ1v) is 7.32. The summed E-state index contributed by atoms with van der Waals surface area (Å²) in [5.74, 6) is 0.164. The number of nitrogens with zero attached hydrogens (tertiary/aromatic N) is 1. The van der Waals surface area contributed by atoms with Crippen LogP contribution in [0.5, 0.6) is 0 Å². The third kappa shape index (κ3) is 2.69. The van der Waals surface area contributed by atoms with E-state index in [4.69, 9.17) is 0 Å². The Balaban J connectivity index is 1.63. The van der Waals surface area contributed by atoms with E-state index in [1.54, 1.807) is 12.5 Å². The van der Waals surface area contributed by atoms with E-state index in [0.29, 0.717) is 12.3 Å². The summed E-state index contributed by atoms with van der Waals surface area (Å²) in [6.45, 7) is 0. The number of nitrogens with one attached hydrogen (secondary N) is 3. The molecule has 6 heteroatoms. The molecule has 1 aliphatic carbocycles. The lowest BCUT2D eigenvalue weighted by Gasteiger charge is -2.35. The molecule has 108 valence electrons. The molecule has 1 aromatic heterocycles. The van der Waals surface area contributed by atoms with Crippen molar-refractivity contribution in [2.45, 2.75) is 50.6 Å². The second kappa shape index (κ2) is 5.64. The molecular formula is C14H20N4O2.